The van der Waals surface area contributed by atoms with Crippen molar-refractivity contribution in [2.45, 2.75) is 6.54 Å². The van der Waals surface area contributed by atoms with Crippen molar-refractivity contribution in [1.82, 2.24) is 25.2 Å². The quantitative estimate of drug-likeness (QED) is 0.769. The van der Waals surface area contributed by atoms with Crippen LogP contribution in [0.2, 0.25) is 5.02 Å². The van der Waals surface area contributed by atoms with Gasteiger partial charge in [-0.05, 0) is 56.7 Å². The van der Waals surface area contributed by atoms with Crippen LogP contribution in [0.1, 0.15) is 5.69 Å². The molecule has 0 saturated carbocycles. The third-order valence-electron chi connectivity index (χ3n) is 2.81. The number of hydrogen-bond donors (Lipinski definition) is 1. The summed E-state index contributed by atoms with van der Waals surface area (Å²) in [5, 5.41) is 15.0. The molecule has 0 fully saturated rings. The van der Waals surface area contributed by atoms with E-state index in [0.29, 0.717) is 11.6 Å². The highest BCUT2D eigenvalue weighted by Crippen LogP contribution is 2.25. The molecule has 8 heteroatoms. The van der Waals surface area contributed by atoms with E-state index in [2.05, 4.69) is 41.8 Å². The molecule has 0 amide bonds. The van der Waals surface area contributed by atoms with Crippen LogP contribution in [0.15, 0.2) is 47.3 Å². The molecule has 0 aliphatic rings. The topological polar surface area (TPSA) is 68.5 Å². The van der Waals surface area contributed by atoms with Crippen molar-refractivity contribution in [3.8, 4) is 5.69 Å². The Balaban J connectivity index is 1.78. The molecule has 2 aromatic heterocycles. The molecule has 0 unspecified atom stereocenters. The maximum absolute atomic E-state index is 6.20. The highest BCUT2D eigenvalue weighted by molar-refractivity contribution is 9.10. The minimum absolute atomic E-state index is 0.575. The van der Waals surface area contributed by atoms with Crippen LogP contribution in [0, 0.1) is 0 Å². The van der Waals surface area contributed by atoms with Crippen LogP contribution in [0.5, 0.6) is 0 Å². The summed E-state index contributed by atoms with van der Waals surface area (Å²) in [7, 11) is 0. The second-order valence-corrected chi connectivity index (χ2v) is 5.56. The number of rotatable bonds is 4. The number of aromatic nitrogens is 5. The van der Waals surface area contributed by atoms with Gasteiger partial charge in [-0.25, -0.2) is 4.68 Å². The summed E-state index contributed by atoms with van der Waals surface area (Å²) >= 11 is 9.56. The van der Waals surface area contributed by atoms with Crippen LogP contribution in [0.25, 0.3) is 5.69 Å². The van der Waals surface area contributed by atoms with E-state index in [4.69, 9.17) is 11.6 Å². The number of benzene rings is 1. The monoisotopic (exact) mass is 364 g/mol. The van der Waals surface area contributed by atoms with Crippen molar-refractivity contribution >= 4 is 33.2 Å². The first-order chi connectivity index (χ1) is 10.2. The Labute approximate surface area is 134 Å². The van der Waals surface area contributed by atoms with Gasteiger partial charge in [0.05, 0.1) is 28.6 Å². The van der Waals surface area contributed by atoms with Gasteiger partial charge in [-0.1, -0.05) is 11.6 Å². The van der Waals surface area contributed by atoms with Gasteiger partial charge in [0, 0.05) is 10.7 Å². The normalized spacial score (nSPS) is 10.6. The Morgan fingerprint density at radius 2 is 2.14 bits per heavy atom. The number of pyridine rings is 1. The lowest BCUT2D eigenvalue weighted by atomic mass is 10.2. The van der Waals surface area contributed by atoms with Crippen molar-refractivity contribution in [2.24, 2.45) is 0 Å². The molecule has 1 N–H and O–H groups in total. The fourth-order valence-corrected chi connectivity index (χ4v) is 2.19. The van der Waals surface area contributed by atoms with Crippen molar-refractivity contribution in [1.29, 1.82) is 0 Å². The molecule has 0 saturated heterocycles. The minimum atomic E-state index is 0.575. The average Bonchev–Trinajstić information content (AvgIpc) is 3.02. The largest absolute Gasteiger partial charge is 0.378 e. The van der Waals surface area contributed by atoms with Gasteiger partial charge in [0.15, 0.2) is 0 Å². The number of hydrogen-bond acceptors (Lipinski definition) is 5. The molecule has 0 radical (unpaired) electrons. The van der Waals surface area contributed by atoms with Gasteiger partial charge in [-0.2, -0.15) is 0 Å². The fraction of sp³-hybridized carbons (Fsp3) is 0.0769. The van der Waals surface area contributed by atoms with E-state index < -0.39 is 0 Å². The van der Waals surface area contributed by atoms with Gasteiger partial charge in [-0.3, -0.25) is 4.98 Å². The second-order valence-electron chi connectivity index (χ2n) is 4.24. The summed E-state index contributed by atoms with van der Waals surface area (Å²) in [5.41, 5.74) is 2.55. The second kappa shape index (κ2) is 6.19. The Morgan fingerprint density at radius 1 is 1.24 bits per heavy atom. The van der Waals surface area contributed by atoms with Crippen LogP contribution < -0.4 is 5.32 Å². The molecule has 106 valence electrons. The molecule has 6 nitrogen and oxygen atoms in total. The first kappa shape index (κ1) is 14.0. The molecule has 0 spiro atoms. The molecule has 0 aliphatic heterocycles. The summed E-state index contributed by atoms with van der Waals surface area (Å²) in [6, 6.07) is 9.43. The molecular weight excluding hydrogens is 356 g/mol. The van der Waals surface area contributed by atoms with Crippen LogP contribution in [0.4, 0.5) is 5.69 Å². The van der Waals surface area contributed by atoms with Gasteiger partial charge >= 0.3 is 0 Å². The van der Waals surface area contributed by atoms with E-state index in [1.807, 2.05) is 24.3 Å². The van der Waals surface area contributed by atoms with E-state index in [0.717, 1.165) is 21.5 Å². The van der Waals surface area contributed by atoms with Crippen molar-refractivity contribution in [2.75, 3.05) is 5.32 Å². The molecule has 2 heterocycles. The average molecular weight is 366 g/mol. The summed E-state index contributed by atoms with van der Waals surface area (Å²) in [4.78, 5) is 4.31. The lowest BCUT2D eigenvalue weighted by molar-refractivity contribution is 0.789. The van der Waals surface area contributed by atoms with E-state index in [-0.39, 0.29) is 0 Å². The highest BCUT2D eigenvalue weighted by atomic mass is 79.9. The SMILES string of the molecule is Clc1ccc(-n2cnnn2)cc1NCc1ccc(Br)cn1. The van der Waals surface area contributed by atoms with Gasteiger partial charge in [0.2, 0.25) is 0 Å². The molecule has 0 bridgehead atoms. The van der Waals surface area contributed by atoms with E-state index in [1.54, 1.807) is 16.9 Å². The smallest absolute Gasteiger partial charge is 0.143 e. The predicted molar refractivity (Wildman–Crippen MR) is 83.4 cm³/mol. The van der Waals surface area contributed by atoms with Crippen molar-refractivity contribution < 1.29 is 0 Å². The maximum atomic E-state index is 6.20. The van der Waals surface area contributed by atoms with Crippen LogP contribution >= 0.6 is 27.5 Å². The number of nitrogens with one attached hydrogen (secondary N) is 1. The summed E-state index contributed by atoms with van der Waals surface area (Å²) in [6.07, 6.45) is 3.29. The number of nitrogens with zero attached hydrogens (tertiary/aromatic N) is 5. The Morgan fingerprint density at radius 3 is 2.86 bits per heavy atom. The van der Waals surface area contributed by atoms with E-state index in [9.17, 15) is 0 Å². The van der Waals surface area contributed by atoms with Crippen LogP contribution in [-0.4, -0.2) is 25.2 Å². The lowest BCUT2D eigenvalue weighted by Gasteiger charge is -2.10. The molecule has 1 aromatic carbocycles. The van der Waals surface area contributed by atoms with Crippen molar-refractivity contribution in [3.63, 3.8) is 0 Å². The summed E-state index contributed by atoms with van der Waals surface area (Å²) in [6.45, 7) is 0.575. The Kier molecular flexibility index (Phi) is 4.12. The first-order valence-corrected chi connectivity index (χ1v) is 7.27. The predicted octanol–water partition coefficient (Wildman–Crippen LogP) is 3.09. The third kappa shape index (κ3) is 3.37. The molecule has 3 rings (SSSR count). The maximum Gasteiger partial charge on any atom is 0.143 e. The van der Waals surface area contributed by atoms with Gasteiger partial charge in [0.25, 0.3) is 0 Å². The summed E-state index contributed by atoms with van der Waals surface area (Å²) in [5.74, 6) is 0. The zero-order valence-electron chi connectivity index (χ0n) is 10.7. The Hall–Kier alpha value is -1.99. The number of halogens is 2. The number of tetrazole rings is 1. The summed E-state index contributed by atoms with van der Waals surface area (Å²) < 4.78 is 2.52. The Bertz CT molecular complexity index is 729. The molecule has 21 heavy (non-hydrogen) atoms. The van der Waals surface area contributed by atoms with Crippen molar-refractivity contribution in [3.05, 3.63) is 58.0 Å². The van der Waals surface area contributed by atoms with E-state index in [1.165, 1.54) is 6.33 Å². The van der Waals surface area contributed by atoms with Gasteiger partial charge in [-0.15, -0.1) is 5.10 Å². The van der Waals surface area contributed by atoms with Crippen LogP contribution in [0.3, 0.4) is 0 Å². The van der Waals surface area contributed by atoms with E-state index >= 15 is 0 Å². The number of anilines is 1. The van der Waals surface area contributed by atoms with Gasteiger partial charge < -0.3 is 5.32 Å². The highest BCUT2D eigenvalue weighted by Gasteiger charge is 2.05. The zero-order chi connectivity index (χ0) is 14.7. The zero-order valence-corrected chi connectivity index (χ0v) is 13.1. The van der Waals surface area contributed by atoms with Gasteiger partial charge in [0.1, 0.15) is 6.33 Å². The third-order valence-corrected chi connectivity index (χ3v) is 3.61. The molecule has 0 aliphatic carbocycles. The minimum Gasteiger partial charge on any atom is -0.378 e. The molecule has 3 aromatic rings. The molecular formula is C13H10BrClN6. The molecule has 0 atom stereocenters. The van der Waals surface area contributed by atoms with Crippen LogP contribution in [-0.2, 0) is 6.54 Å². The lowest BCUT2D eigenvalue weighted by Crippen LogP contribution is -2.03. The fourth-order valence-electron chi connectivity index (χ4n) is 1.77. The first-order valence-electron chi connectivity index (χ1n) is 6.09. The standard InChI is InChI=1S/C13H10BrClN6/c14-9-1-2-10(16-6-9)7-17-13-5-11(3-4-12(13)15)21-8-18-19-20-21/h1-6,8,17H,7H2.